The van der Waals surface area contributed by atoms with Crippen molar-refractivity contribution >= 4 is 39.7 Å². The van der Waals surface area contributed by atoms with Crippen molar-refractivity contribution < 1.29 is 14.3 Å². The van der Waals surface area contributed by atoms with E-state index in [4.69, 9.17) is 9.46 Å². The first kappa shape index (κ1) is 18.3. The largest absolute Gasteiger partial charge is 0.348 e. The molecule has 0 radical (unpaired) electrons. The fraction of sp³-hybridized carbons (Fsp3) is 0.188. The van der Waals surface area contributed by atoms with E-state index in [0.29, 0.717) is 27.9 Å². The summed E-state index contributed by atoms with van der Waals surface area (Å²) >= 11 is 0.573. The smallest absolute Gasteiger partial charge is 0.177 e. The first-order valence-electron chi connectivity index (χ1n) is 6.69. The van der Waals surface area contributed by atoms with E-state index < -0.39 is 8.69 Å². The molecule has 0 aliphatic rings. The van der Waals surface area contributed by atoms with E-state index in [1.807, 2.05) is 25.1 Å². The van der Waals surface area contributed by atoms with Gasteiger partial charge in [-0.25, -0.2) is 0 Å². The fourth-order valence-corrected chi connectivity index (χ4v) is 3.55. The van der Waals surface area contributed by atoms with Crippen LogP contribution in [-0.4, -0.2) is 35.9 Å². The van der Waals surface area contributed by atoms with E-state index in [9.17, 15) is 4.79 Å². The molecule has 0 saturated carbocycles. The van der Waals surface area contributed by atoms with Gasteiger partial charge in [-0.3, -0.25) is 4.57 Å². The summed E-state index contributed by atoms with van der Waals surface area (Å²) in [7, 11) is -1.50. The zero-order valence-corrected chi connectivity index (χ0v) is 16.0. The standard InChI is InChI=1S/C16H15O.Na.H3O2P/c1-11-9-12(2)16(13(3)15(11)10-17)14-7-5-4-6-8-14;;1-3-2/h4-9H,1-3H3;;3H2,(H,1,2). The summed E-state index contributed by atoms with van der Waals surface area (Å²) in [6.07, 6.45) is 0. The van der Waals surface area contributed by atoms with Crippen molar-refractivity contribution in [2.24, 2.45) is 0 Å². The molecule has 2 aromatic carbocycles. The summed E-state index contributed by atoms with van der Waals surface area (Å²) in [6.45, 7) is 6.21. The second-order valence-electron chi connectivity index (χ2n) is 4.91. The Kier molecular flexibility index (Phi) is 7.58. The molecule has 3 nitrogen and oxygen atoms in total. The Bertz CT molecular complexity index is 654. The zero-order chi connectivity index (χ0) is 16.0. The molecule has 5 heteroatoms. The topological polar surface area (TPSA) is 54.4 Å². The molecule has 1 unspecified atom stereocenters. The maximum Gasteiger partial charge on any atom is 0.177 e. The maximum absolute atomic E-state index is 11.8. The van der Waals surface area contributed by atoms with Gasteiger partial charge in [0.1, 0.15) is 0 Å². The number of carbonyl (C=O) groups is 1. The summed E-state index contributed by atoms with van der Waals surface area (Å²) < 4.78 is 8.85. The van der Waals surface area contributed by atoms with Gasteiger partial charge in [-0.05, 0) is 0 Å². The molecule has 2 aromatic rings. The monoisotopic (exact) mass is 312 g/mol. The number of hydrogen-bond acceptors (Lipinski definition) is 2. The van der Waals surface area contributed by atoms with E-state index in [2.05, 4.69) is 32.0 Å². The summed E-state index contributed by atoms with van der Waals surface area (Å²) in [5.74, 6) is 0. The normalized spacial score (nSPS) is 10.4. The third-order valence-corrected chi connectivity index (χ3v) is 3.89. The van der Waals surface area contributed by atoms with Crippen LogP contribution in [0, 0.1) is 20.8 Å². The van der Waals surface area contributed by atoms with Crippen molar-refractivity contribution in [2.45, 2.75) is 20.8 Å². The Morgan fingerprint density at radius 1 is 1.10 bits per heavy atom. The van der Waals surface area contributed by atoms with E-state index in [-0.39, 0.29) is 3.03 Å². The van der Waals surface area contributed by atoms with Crippen molar-refractivity contribution in [1.29, 1.82) is 0 Å². The Labute approximate surface area is 144 Å². The van der Waals surface area contributed by atoms with Gasteiger partial charge in [0.25, 0.3) is 0 Å². The minimum atomic E-state index is -1.50. The molecule has 0 heterocycles. The van der Waals surface area contributed by atoms with E-state index in [1.165, 1.54) is 16.7 Å². The molecule has 0 saturated heterocycles. The molecule has 21 heavy (non-hydrogen) atoms. The summed E-state index contributed by atoms with van der Waals surface area (Å²) in [5.41, 5.74) is 6.79. The summed E-state index contributed by atoms with van der Waals surface area (Å²) in [6, 6.07) is 12.4. The molecule has 0 bridgehead atoms. The van der Waals surface area contributed by atoms with Crippen LogP contribution < -0.4 is 0 Å². The van der Waals surface area contributed by atoms with Crippen LogP contribution in [-0.2, 0) is 4.57 Å². The molecule has 1 N–H and O–H groups in total. The minimum Gasteiger partial charge on any atom is -0.348 e. The maximum atomic E-state index is 11.8. The minimum absolute atomic E-state index is 0.280. The second-order valence-corrected chi connectivity index (χ2v) is 6.03. The van der Waals surface area contributed by atoms with Gasteiger partial charge in [0.2, 0.25) is 0 Å². The first-order valence-corrected chi connectivity index (χ1v) is 8.67. The molecular formula is C16H18NaO3P. The quantitative estimate of drug-likeness (QED) is 0.684. The molecule has 2 rings (SSSR count). The Balaban J connectivity index is 0.000000677. The molecule has 0 fully saturated rings. The molecule has 1 atom stereocenters. The van der Waals surface area contributed by atoms with Crippen LogP contribution in [0.25, 0.3) is 11.1 Å². The van der Waals surface area contributed by atoms with Crippen LogP contribution in [0.15, 0.2) is 36.4 Å². The van der Waals surface area contributed by atoms with Gasteiger partial charge >= 0.3 is 126 Å². The molecule has 0 amide bonds. The Morgan fingerprint density at radius 3 is 2.10 bits per heavy atom. The van der Waals surface area contributed by atoms with Crippen molar-refractivity contribution in [3.63, 3.8) is 0 Å². The van der Waals surface area contributed by atoms with Crippen molar-refractivity contribution in [1.82, 2.24) is 0 Å². The molecule has 0 aliphatic heterocycles. The van der Waals surface area contributed by atoms with Crippen LogP contribution in [0.2, 0.25) is 0 Å². The van der Waals surface area contributed by atoms with Crippen LogP contribution in [0.1, 0.15) is 27.0 Å². The predicted octanol–water partition coefficient (Wildman–Crippen LogP) is 3.24. The predicted molar refractivity (Wildman–Crippen MR) is 88.8 cm³/mol. The van der Waals surface area contributed by atoms with Gasteiger partial charge in [-0.2, -0.15) is 0 Å². The fourth-order valence-electron chi connectivity index (χ4n) is 2.78. The number of benzene rings is 2. The van der Waals surface area contributed by atoms with Crippen molar-refractivity contribution in [3.8, 4) is 11.1 Å². The average Bonchev–Trinajstić information content (AvgIpc) is 2.39. The van der Waals surface area contributed by atoms with Gasteiger partial charge < -0.3 is 4.89 Å². The summed E-state index contributed by atoms with van der Waals surface area (Å²) in [5, 5.41) is 0. The number of carbonyl (C=O) groups excluding carboxylic acids is 1. The average molecular weight is 312 g/mol. The number of rotatable bonds is 2. The van der Waals surface area contributed by atoms with Crippen LogP contribution in [0.4, 0.5) is 0 Å². The van der Waals surface area contributed by atoms with Gasteiger partial charge in [0, 0.05) is 0 Å². The van der Waals surface area contributed by atoms with Gasteiger partial charge in [-0.1, -0.05) is 0 Å². The molecule has 0 aliphatic carbocycles. The third kappa shape index (κ3) is 4.64. The van der Waals surface area contributed by atoms with Crippen molar-refractivity contribution in [3.05, 3.63) is 58.7 Å². The van der Waals surface area contributed by atoms with Gasteiger partial charge in [-0.15, -0.1) is 0 Å². The van der Waals surface area contributed by atoms with Gasteiger partial charge in [0.15, 0.2) is 8.69 Å². The molecule has 106 valence electrons. The van der Waals surface area contributed by atoms with E-state index in [1.54, 1.807) is 0 Å². The van der Waals surface area contributed by atoms with Crippen LogP contribution in [0.3, 0.4) is 0 Å². The second kappa shape index (κ2) is 8.67. The van der Waals surface area contributed by atoms with Gasteiger partial charge in [0.05, 0.1) is 0 Å². The number of aryl methyl sites for hydroxylation is 2. The zero-order valence-electron chi connectivity index (χ0n) is 12.8. The van der Waals surface area contributed by atoms with Crippen molar-refractivity contribution in [2.75, 3.05) is 0 Å². The molecule has 0 aromatic heterocycles. The third-order valence-electron chi connectivity index (χ3n) is 3.39. The Hall–Kier alpha value is -0.700. The Morgan fingerprint density at radius 2 is 1.62 bits per heavy atom. The molecular weight excluding hydrogens is 294 g/mol. The van der Waals surface area contributed by atoms with Crippen LogP contribution >= 0.6 is 8.69 Å². The first-order chi connectivity index (χ1) is 9.93. The van der Waals surface area contributed by atoms with Crippen LogP contribution in [0.5, 0.6) is 0 Å². The molecule has 0 spiro atoms. The SMILES string of the molecule is Cc1cc(C)c(-c2ccccc2)c(C)c1[C](=O)[Na].O=[PH2]O. The summed E-state index contributed by atoms with van der Waals surface area (Å²) in [4.78, 5) is 18.9. The number of hydrogen-bond donors (Lipinski definition) is 1. The van der Waals surface area contributed by atoms with E-state index >= 15 is 0 Å². The van der Waals surface area contributed by atoms with E-state index in [0.717, 1.165) is 16.7 Å².